The molecule has 0 aromatic rings. The number of carbonyl (C=O) groups is 3. The van der Waals surface area contributed by atoms with Gasteiger partial charge < -0.3 is 10.6 Å². The second kappa shape index (κ2) is 8.61. The number of nitrogens with one attached hydrogen (secondary N) is 3. The van der Waals surface area contributed by atoms with Crippen LogP contribution in [0.25, 0.3) is 0 Å². The van der Waals surface area contributed by atoms with Gasteiger partial charge in [-0.15, -0.1) is 0 Å². The number of likely N-dealkylation sites (N-methyl/N-ethyl adjacent to an activating group) is 1. The van der Waals surface area contributed by atoms with E-state index in [1.807, 2.05) is 34.6 Å². The van der Waals surface area contributed by atoms with Crippen LogP contribution < -0.4 is 16.0 Å². The van der Waals surface area contributed by atoms with Crippen LogP contribution in [0.2, 0.25) is 0 Å². The quantitative estimate of drug-likeness (QED) is 0.659. The van der Waals surface area contributed by atoms with Gasteiger partial charge in [-0.2, -0.15) is 0 Å². The monoisotopic (exact) mass is 300 g/mol. The Hall–Kier alpha value is -1.63. The summed E-state index contributed by atoms with van der Waals surface area (Å²) in [6.45, 7) is 10.2. The Morgan fingerprint density at radius 1 is 1.05 bits per heavy atom. The van der Waals surface area contributed by atoms with Gasteiger partial charge in [0.1, 0.15) is 0 Å². The van der Waals surface area contributed by atoms with E-state index in [0.717, 1.165) is 0 Å². The van der Waals surface area contributed by atoms with Crippen LogP contribution in [0.15, 0.2) is 0 Å². The fourth-order valence-corrected chi connectivity index (χ4v) is 1.51. The average Bonchev–Trinajstić information content (AvgIpc) is 2.22. The van der Waals surface area contributed by atoms with Gasteiger partial charge in [0.25, 0.3) is 0 Å². The van der Waals surface area contributed by atoms with E-state index in [1.54, 1.807) is 11.9 Å². The summed E-state index contributed by atoms with van der Waals surface area (Å²) in [6, 6.07) is -0.513. The normalized spacial score (nSPS) is 11.4. The molecule has 0 atom stereocenters. The van der Waals surface area contributed by atoms with Crippen molar-refractivity contribution in [3.05, 3.63) is 0 Å². The minimum atomic E-state index is -0.513. The van der Waals surface area contributed by atoms with E-state index in [4.69, 9.17) is 0 Å². The topological polar surface area (TPSA) is 90.5 Å². The van der Waals surface area contributed by atoms with E-state index in [9.17, 15) is 14.4 Å². The van der Waals surface area contributed by atoms with E-state index in [2.05, 4.69) is 16.0 Å². The Labute approximate surface area is 126 Å². The molecule has 0 heterocycles. The summed E-state index contributed by atoms with van der Waals surface area (Å²) >= 11 is 0. The molecule has 0 fully saturated rings. The predicted octanol–water partition coefficient (Wildman–Crippen LogP) is 0.315. The van der Waals surface area contributed by atoms with Gasteiger partial charge in [-0.3, -0.25) is 19.8 Å². The zero-order valence-corrected chi connectivity index (χ0v) is 13.9. The third-order valence-electron chi connectivity index (χ3n) is 2.27. The lowest BCUT2D eigenvalue weighted by Gasteiger charge is -2.23. The standard InChI is InChI=1S/C14H28N4O3/c1-10(2)7-15-13(21)16-11(19)8-18(6)9-12(20)17-14(3,4)5/h10H,7-9H2,1-6H3,(H,17,20)(H2,15,16,19,21). The fourth-order valence-electron chi connectivity index (χ4n) is 1.51. The Bertz CT molecular complexity index is 375. The highest BCUT2D eigenvalue weighted by Gasteiger charge is 2.17. The molecule has 0 saturated carbocycles. The lowest BCUT2D eigenvalue weighted by Crippen LogP contribution is -2.48. The highest BCUT2D eigenvalue weighted by atomic mass is 16.2. The summed E-state index contributed by atoms with van der Waals surface area (Å²) < 4.78 is 0. The van der Waals surface area contributed by atoms with Crippen molar-refractivity contribution in [2.45, 2.75) is 40.2 Å². The summed E-state index contributed by atoms with van der Waals surface area (Å²) in [5.41, 5.74) is -0.309. The maximum Gasteiger partial charge on any atom is 0.321 e. The zero-order chi connectivity index (χ0) is 16.6. The molecule has 7 heteroatoms. The molecule has 122 valence electrons. The zero-order valence-electron chi connectivity index (χ0n) is 13.9. The fraction of sp³-hybridized carbons (Fsp3) is 0.786. The third kappa shape index (κ3) is 11.9. The molecule has 0 radical (unpaired) electrons. The molecule has 0 spiro atoms. The highest BCUT2D eigenvalue weighted by Crippen LogP contribution is 1.98. The van der Waals surface area contributed by atoms with Gasteiger partial charge >= 0.3 is 6.03 Å². The van der Waals surface area contributed by atoms with E-state index >= 15 is 0 Å². The number of amides is 4. The van der Waals surface area contributed by atoms with Gasteiger partial charge in [-0.05, 0) is 33.7 Å². The first-order valence-electron chi connectivity index (χ1n) is 7.07. The number of urea groups is 1. The van der Waals surface area contributed by atoms with Gasteiger partial charge in [0.15, 0.2) is 0 Å². The van der Waals surface area contributed by atoms with Crippen LogP contribution in [0, 0.1) is 5.92 Å². The lowest BCUT2D eigenvalue weighted by molar-refractivity contribution is -0.124. The van der Waals surface area contributed by atoms with Crippen molar-refractivity contribution in [1.29, 1.82) is 0 Å². The number of imide groups is 1. The van der Waals surface area contributed by atoms with E-state index in [1.165, 1.54) is 0 Å². The molecule has 0 saturated heterocycles. The second-order valence-corrected chi connectivity index (χ2v) is 6.62. The van der Waals surface area contributed by atoms with Gasteiger partial charge in [-0.25, -0.2) is 4.79 Å². The van der Waals surface area contributed by atoms with Crippen molar-refractivity contribution in [1.82, 2.24) is 20.9 Å². The maximum atomic E-state index is 11.7. The first kappa shape index (κ1) is 19.4. The van der Waals surface area contributed by atoms with Gasteiger partial charge in [0, 0.05) is 12.1 Å². The van der Waals surface area contributed by atoms with Crippen molar-refractivity contribution < 1.29 is 14.4 Å². The Morgan fingerprint density at radius 3 is 2.05 bits per heavy atom. The molecule has 4 amide bonds. The molecule has 0 aliphatic carbocycles. The number of rotatable bonds is 6. The highest BCUT2D eigenvalue weighted by molar-refractivity contribution is 5.95. The Kier molecular flexibility index (Phi) is 7.94. The first-order valence-corrected chi connectivity index (χ1v) is 7.07. The average molecular weight is 300 g/mol. The largest absolute Gasteiger partial charge is 0.350 e. The molecule has 0 aliphatic heterocycles. The molecular formula is C14H28N4O3. The van der Waals surface area contributed by atoms with E-state index in [0.29, 0.717) is 12.5 Å². The van der Waals surface area contributed by atoms with E-state index < -0.39 is 11.9 Å². The summed E-state index contributed by atoms with van der Waals surface area (Å²) in [7, 11) is 1.65. The van der Waals surface area contributed by atoms with Gasteiger partial charge in [0.2, 0.25) is 11.8 Å². The van der Waals surface area contributed by atoms with Crippen molar-refractivity contribution in [2.75, 3.05) is 26.7 Å². The number of hydrogen-bond donors (Lipinski definition) is 3. The molecule has 0 aliphatic rings. The first-order chi connectivity index (χ1) is 9.49. The maximum absolute atomic E-state index is 11.7. The summed E-state index contributed by atoms with van der Waals surface area (Å²) in [4.78, 5) is 36.3. The molecule has 0 rings (SSSR count). The number of hydrogen-bond acceptors (Lipinski definition) is 4. The van der Waals surface area contributed by atoms with Gasteiger partial charge in [0.05, 0.1) is 13.1 Å². The van der Waals surface area contributed by atoms with Crippen LogP contribution in [-0.4, -0.2) is 55.0 Å². The number of nitrogens with zero attached hydrogens (tertiary/aromatic N) is 1. The Morgan fingerprint density at radius 2 is 1.57 bits per heavy atom. The SMILES string of the molecule is CC(C)CNC(=O)NC(=O)CN(C)CC(=O)NC(C)(C)C. The third-order valence-corrected chi connectivity index (χ3v) is 2.27. The van der Waals surface area contributed by atoms with Crippen LogP contribution in [0.1, 0.15) is 34.6 Å². The van der Waals surface area contributed by atoms with Crippen LogP contribution in [-0.2, 0) is 9.59 Å². The van der Waals surface area contributed by atoms with Crippen LogP contribution in [0.5, 0.6) is 0 Å². The van der Waals surface area contributed by atoms with Crippen molar-refractivity contribution in [3.8, 4) is 0 Å². The summed E-state index contributed by atoms with van der Waals surface area (Å²) in [6.07, 6.45) is 0. The van der Waals surface area contributed by atoms with Gasteiger partial charge in [-0.1, -0.05) is 13.8 Å². The Balaban J connectivity index is 4.04. The molecule has 0 aromatic heterocycles. The molecular weight excluding hydrogens is 272 g/mol. The predicted molar refractivity (Wildman–Crippen MR) is 81.8 cm³/mol. The smallest absolute Gasteiger partial charge is 0.321 e. The van der Waals surface area contributed by atoms with Crippen molar-refractivity contribution >= 4 is 17.8 Å². The van der Waals surface area contributed by atoms with Crippen molar-refractivity contribution in [3.63, 3.8) is 0 Å². The molecule has 7 nitrogen and oxygen atoms in total. The minimum Gasteiger partial charge on any atom is -0.350 e. The molecule has 0 unspecified atom stereocenters. The lowest BCUT2D eigenvalue weighted by atomic mass is 10.1. The molecule has 3 N–H and O–H groups in total. The van der Waals surface area contributed by atoms with E-state index in [-0.39, 0.29) is 24.5 Å². The van der Waals surface area contributed by atoms with Crippen LogP contribution in [0.3, 0.4) is 0 Å². The van der Waals surface area contributed by atoms with Crippen molar-refractivity contribution in [2.24, 2.45) is 5.92 Å². The number of carbonyl (C=O) groups excluding carboxylic acids is 3. The molecule has 21 heavy (non-hydrogen) atoms. The van der Waals surface area contributed by atoms with Crippen LogP contribution >= 0.6 is 0 Å². The molecule has 0 aromatic carbocycles. The summed E-state index contributed by atoms with van der Waals surface area (Å²) in [5, 5.41) is 7.62. The van der Waals surface area contributed by atoms with Crippen LogP contribution in [0.4, 0.5) is 4.79 Å². The second-order valence-electron chi connectivity index (χ2n) is 6.62. The summed E-state index contributed by atoms with van der Waals surface area (Å²) in [5.74, 6) is -0.293. The minimum absolute atomic E-state index is 0.0212. The molecule has 0 bridgehead atoms.